The number of benzene rings is 1. The summed E-state index contributed by atoms with van der Waals surface area (Å²) >= 11 is 6.56. The van der Waals surface area contributed by atoms with E-state index in [9.17, 15) is 9.59 Å². The smallest absolute Gasteiger partial charge is 0.269 e. The van der Waals surface area contributed by atoms with Gasteiger partial charge in [0.05, 0.1) is 12.0 Å². The fraction of sp³-hybridized carbons (Fsp3) is 0.217. The molecular weight excluding hydrogens is 446 g/mol. The molecule has 9 heteroatoms. The topological polar surface area (TPSA) is 73.1 Å². The van der Waals surface area contributed by atoms with Gasteiger partial charge in [-0.1, -0.05) is 56.0 Å². The molecular formula is C23H21N3O4S2. The molecule has 3 heterocycles. The van der Waals surface area contributed by atoms with Gasteiger partial charge in [0.2, 0.25) is 5.88 Å². The van der Waals surface area contributed by atoms with Crippen LogP contribution in [0.2, 0.25) is 0 Å². The number of aromatic nitrogens is 2. The molecule has 0 saturated carbocycles. The number of nitrogens with zero attached hydrogens (tertiary/aromatic N) is 3. The predicted molar refractivity (Wildman–Crippen MR) is 129 cm³/mol. The Morgan fingerprint density at radius 2 is 1.84 bits per heavy atom. The average molecular weight is 468 g/mol. The second-order valence-electron chi connectivity index (χ2n) is 7.50. The Balaban J connectivity index is 1.85. The summed E-state index contributed by atoms with van der Waals surface area (Å²) in [5, 5.41) is 0. The fourth-order valence-electron chi connectivity index (χ4n) is 3.24. The number of carbonyl (C=O) groups is 1. The van der Waals surface area contributed by atoms with E-state index in [1.54, 1.807) is 47.5 Å². The zero-order valence-corrected chi connectivity index (χ0v) is 19.4. The highest BCUT2D eigenvalue weighted by atomic mass is 32.2. The van der Waals surface area contributed by atoms with Crippen molar-refractivity contribution in [3.8, 4) is 17.4 Å². The number of hydrogen-bond donors (Lipinski definition) is 0. The van der Waals surface area contributed by atoms with E-state index < -0.39 is 0 Å². The van der Waals surface area contributed by atoms with Crippen LogP contribution in [-0.4, -0.2) is 38.2 Å². The molecule has 7 nitrogen and oxygen atoms in total. The van der Waals surface area contributed by atoms with E-state index >= 15 is 0 Å². The first-order valence-electron chi connectivity index (χ1n) is 9.96. The lowest BCUT2D eigenvalue weighted by atomic mass is 10.2. The maximum atomic E-state index is 13.3. The summed E-state index contributed by atoms with van der Waals surface area (Å²) in [5.41, 5.74) is 0.228. The van der Waals surface area contributed by atoms with Crippen molar-refractivity contribution in [3.05, 3.63) is 69.5 Å². The lowest BCUT2D eigenvalue weighted by Crippen LogP contribution is -2.31. The van der Waals surface area contributed by atoms with Crippen molar-refractivity contribution in [2.24, 2.45) is 5.92 Å². The van der Waals surface area contributed by atoms with E-state index in [4.69, 9.17) is 21.7 Å². The molecule has 0 radical (unpaired) electrons. The Morgan fingerprint density at radius 1 is 1.12 bits per heavy atom. The van der Waals surface area contributed by atoms with Gasteiger partial charge in [-0.3, -0.25) is 18.9 Å². The van der Waals surface area contributed by atoms with Crippen LogP contribution < -0.4 is 15.0 Å². The number of carbonyl (C=O) groups excluding carboxylic acids is 1. The molecule has 1 fully saturated rings. The molecule has 3 aromatic rings. The van der Waals surface area contributed by atoms with Crippen LogP contribution in [0, 0.1) is 5.92 Å². The van der Waals surface area contributed by atoms with Crippen molar-refractivity contribution >= 4 is 45.9 Å². The van der Waals surface area contributed by atoms with E-state index in [2.05, 4.69) is 4.98 Å². The fourth-order valence-corrected chi connectivity index (χ4v) is 4.50. The predicted octanol–water partition coefficient (Wildman–Crippen LogP) is 4.35. The lowest BCUT2D eigenvalue weighted by Gasteiger charge is -2.16. The number of fused-ring (bicyclic) bond motifs is 1. The normalized spacial score (nSPS) is 15.2. The van der Waals surface area contributed by atoms with Gasteiger partial charge in [0, 0.05) is 12.7 Å². The molecule has 1 saturated heterocycles. The Morgan fingerprint density at radius 3 is 2.56 bits per heavy atom. The molecule has 0 N–H and O–H groups in total. The van der Waals surface area contributed by atoms with Crippen LogP contribution in [0.3, 0.4) is 0 Å². The minimum absolute atomic E-state index is 0.0832. The zero-order chi connectivity index (χ0) is 22.8. The van der Waals surface area contributed by atoms with E-state index in [1.807, 2.05) is 19.9 Å². The highest BCUT2D eigenvalue weighted by molar-refractivity contribution is 8.26. The van der Waals surface area contributed by atoms with Gasteiger partial charge in [-0.15, -0.1) is 0 Å². The third-order valence-corrected chi connectivity index (χ3v) is 6.08. The first-order chi connectivity index (χ1) is 15.4. The zero-order valence-electron chi connectivity index (χ0n) is 17.8. The van der Waals surface area contributed by atoms with E-state index in [-0.39, 0.29) is 28.8 Å². The van der Waals surface area contributed by atoms with E-state index in [0.29, 0.717) is 32.9 Å². The van der Waals surface area contributed by atoms with Crippen LogP contribution in [0.25, 0.3) is 11.7 Å². The molecule has 1 aliphatic heterocycles. The molecule has 0 unspecified atom stereocenters. The summed E-state index contributed by atoms with van der Waals surface area (Å²) in [4.78, 5) is 32.7. The highest BCUT2D eigenvalue weighted by Crippen LogP contribution is 2.36. The van der Waals surface area contributed by atoms with Crippen molar-refractivity contribution in [2.45, 2.75) is 13.8 Å². The summed E-state index contributed by atoms with van der Waals surface area (Å²) in [7, 11) is 1.53. The highest BCUT2D eigenvalue weighted by Gasteiger charge is 2.33. The number of ether oxygens (including phenoxy) is 2. The average Bonchev–Trinajstić information content (AvgIpc) is 3.03. The Labute approximate surface area is 194 Å². The maximum absolute atomic E-state index is 13.3. The van der Waals surface area contributed by atoms with Crippen LogP contribution in [0.15, 0.2) is 58.4 Å². The molecule has 1 aromatic carbocycles. The monoisotopic (exact) mass is 467 g/mol. The number of hydrogen-bond acceptors (Lipinski definition) is 7. The minimum Gasteiger partial charge on any atom is -0.493 e. The second kappa shape index (κ2) is 9.13. The molecule has 0 spiro atoms. The van der Waals surface area contributed by atoms with Gasteiger partial charge < -0.3 is 9.47 Å². The van der Waals surface area contributed by atoms with Gasteiger partial charge >= 0.3 is 0 Å². The third-order valence-electron chi connectivity index (χ3n) is 4.71. The number of thioether (sulfide) groups is 1. The summed E-state index contributed by atoms with van der Waals surface area (Å²) in [5.74, 6) is 1.02. The summed E-state index contributed by atoms with van der Waals surface area (Å²) in [6, 6.07) is 12.3. The number of para-hydroxylation sites is 2. The number of thiocarbonyl (C=S) groups is 1. The van der Waals surface area contributed by atoms with Crippen LogP contribution >= 0.6 is 24.0 Å². The first kappa shape index (κ1) is 22.0. The van der Waals surface area contributed by atoms with E-state index in [1.165, 1.54) is 29.3 Å². The van der Waals surface area contributed by atoms with Crippen LogP contribution in [0.4, 0.5) is 0 Å². The van der Waals surface area contributed by atoms with Gasteiger partial charge in [0.25, 0.3) is 11.5 Å². The summed E-state index contributed by atoms with van der Waals surface area (Å²) < 4.78 is 13.3. The lowest BCUT2D eigenvalue weighted by molar-refractivity contribution is -0.122. The minimum atomic E-state index is -0.352. The SMILES string of the molecule is COc1ccccc1Oc1nc2ccccn2c(=O)c1/C=C1\SC(=S)N(CC(C)C)C1=O. The molecule has 164 valence electrons. The van der Waals surface area contributed by atoms with Crippen LogP contribution in [-0.2, 0) is 4.79 Å². The molecule has 2 aromatic heterocycles. The van der Waals surface area contributed by atoms with Crippen molar-refractivity contribution in [1.82, 2.24) is 14.3 Å². The van der Waals surface area contributed by atoms with E-state index in [0.717, 1.165) is 0 Å². The van der Waals surface area contributed by atoms with Crippen LogP contribution in [0.5, 0.6) is 17.4 Å². The second-order valence-corrected chi connectivity index (χ2v) is 9.18. The quantitative estimate of drug-likeness (QED) is 0.394. The molecule has 1 aliphatic rings. The Kier molecular flexibility index (Phi) is 6.29. The van der Waals surface area contributed by atoms with Gasteiger partial charge in [-0.25, -0.2) is 0 Å². The molecule has 32 heavy (non-hydrogen) atoms. The van der Waals surface area contributed by atoms with Crippen molar-refractivity contribution in [1.29, 1.82) is 0 Å². The largest absolute Gasteiger partial charge is 0.493 e. The van der Waals surface area contributed by atoms with Gasteiger partial charge in [-0.2, -0.15) is 4.98 Å². The molecule has 1 amide bonds. The number of rotatable bonds is 6. The standard InChI is InChI=1S/C23H21N3O4S2/c1-14(2)13-26-22(28)18(32-23(26)31)12-15-20(30-17-9-5-4-8-16(17)29-3)24-19-10-6-7-11-25(19)21(15)27/h4-12,14H,13H2,1-3H3/b18-12-. The molecule has 0 aliphatic carbocycles. The summed E-state index contributed by atoms with van der Waals surface area (Å²) in [6.45, 7) is 4.55. The van der Waals surface area contributed by atoms with Gasteiger partial charge in [0.1, 0.15) is 15.5 Å². The molecule has 0 atom stereocenters. The Bertz CT molecular complexity index is 1300. The molecule has 0 bridgehead atoms. The number of methoxy groups -OCH3 is 1. The summed E-state index contributed by atoms with van der Waals surface area (Å²) in [6.07, 6.45) is 3.14. The number of pyridine rings is 1. The number of amides is 1. The third kappa shape index (κ3) is 4.26. The van der Waals surface area contributed by atoms with Gasteiger partial charge in [0.15, 0.2) is 11.5 Å². The van der Waals surface area contributed by atoms with Crippen LogP contribution in [0.1, 0.15) is 19.4 Å². The van der Waals surface area contributed by atoms with Crippen molar-refractivity contribution in [3.63, 3.8) is 0 Å². The maximum Gasteiger partial charge on any atom is 0.269 e. The Hall–Kier alpha value is -3.17. The van der Waals surface area contributed by atoms with Gasteiger partial charge in [-0.05, 0) is 36.3 Å². The molecule has 4 rings (SSSR count). The van der Waals surface area contributed by atoms with Crippen molar-refractivity contribution < 1.29 is 14.3 Å². The van der Waals surface area contributed by atoms with Crippen molar-refractivity contribution in [2.75, 3.05) is 13.7 Å². The first-order valence-corrected chi connectivity index (χ1v) is 11.2.